The number of benzene rings is 2. The normalized spacial score (nSPS) is 11.6. The summed E-state index contributed by atoms with van der Waals surface area (Å²) in [7, 11) is 2.92. The van der Waals surface area contributed by atoms with Crippen molar-refractivity contribution in [2.75, 3.05) is 14.2 Å². The number of ether oxygens (including phenoxy) is 3. The summed E-state index contributed by atoms with van der Waals surface area (Å²) in [5.74, 6) is -0.895. The zero-order valence-electron chi connectivity index (χ0n) is 16.4. The highest BCUT2D eigenvalue weighted by molar-refractivity contribution is 5.97. The Morgan fingerprint density at radius 1 is 1.04 bits per heavy atom. The van der Waals surface area contributed by atoms with Crippen molar-refractivity contribution in [1.82, 2.24) is 5.32 Å². The van der Waals surface area contributed by atoms with E-state index in [1.165, 1.54) is 26.4 Å². The van der Waals surface area contributed by atoms with Crippen LogP contribution in [0, 0.1) is 5.92 Å². The summed E-state index contributed by atoms with van der Waals surface area (Å²) < 4.78 is 16.6. The average Bonchev–Trinajstić information content (AvgIpc) is 2.69. The molecular formula is C21H25NO6. The zero-order valence-corrected chi connectivity index (χ0v) is 16.4. The molecule has 0 fully saturated rings. The van der Waals surface area contributed by atoms with Gasteiger partial charge < -0.3 is 24.6 Å². The summed E-state index contributed by atoms with van der Waals surface area (Å²) in [5, 5.41) is 11.8. The largest absolute Gasteiger partial charge is 0.493 e. The highest BCUT2D eigenvalue weighted by Crippen LogP contribution is 2.39. The Hall–Kier alpha value is -3.22. The number of methoxy groups -OCH3 is 2. The molecule has 0 aromatic heterocycles. The highest BCUT2D eigenvalue weighted by atomic mass is 16.5. The van der Waals surface area contributed by atoms with E-state index in [0.29, 0.717) is 23.9 Å². The van der Waals surface area contributed by atoms with E-state index in [2.05, 4.69) is 5.32 Å². The maximum absolute atomic E-state index is 12.6. The lowest BCUT2D eigenvalue weighted by atomic mass is 10.0. The molecule has 1 atom stereocenters. The van der Waals surface area contributed by atoms with Crippen LogP contribution < -0.4 is 19.5 Å². The van der Waals surface area contributed by atoms with E-state index < -0.39 is 17.9 Å². The van der Waals surface area contributed by atoms with E-state index in [1.807, 2.05) is 30.3 Å². The second-order valence-corrected chi connectivity index (χ2v) is 6.52. The van der Waals surface area contributed by atoms with Crippen molar-refractivity contribution < 1.29 is 28.9 Å². The molecule has 7 heteroatoms. The molecule has 150 valence electrons. The lowest BCUT2D eigenvalue weighted by Gasteiger charge is -2.19. The first-order chi connectivity index (χ1) is 13.4. The van der Waals surface area contributed by atoms with Crippen LogP contribution in [0.5, 0.6) is 17.2 Å². The third-order valence-corrected chi connectivity index (χ3v) is 4.17. The van der Waals surface area contributed by atoms with Gasteiger partial charge in [-0.25, -0.2) is 4.79 Å². The molecule has 0 radical (unpaired) electrons. The van der Waals surface area contributed by atoms with Crippen LogP contribution in [-0.2, 0) is 11.4 Å². The molecule has 0 spiro atoms. The Morgan fingerprint density at radius 2 is 1.61 bits per heavy atom. The minimum absolute atomic E-state index is 0.215. The molecule has 0 unspecified atom stereocenters. The van der Waals surface area contributed by atoms with Gasteiger partial charge in [0.05, 0.1) is 14.2 Å². The topological polar surface area (TPSA) is 94.1 Å². The van der Waals surface area contributed by atoms with Gasteiger partial charge in [-0.15, -0.1) is 0 Å². The van der Waals surface area contributed by atoms with Gasteiger partial charge in [-0.05, 0) is 23.6 Å². The van der Waals surface area contributed by atoms with Gasteiger partial charge in [0.2, 0.25) is 5.75 Å². The maximum Gasteiger partial charge on any atom is 0.326 e. The Bertz CT molecular complexity index is 794. The number of hydrogen-bond donors (Lipinski definition) is 2. The van der Waals surface area contributed by atoms with E-state index in [0.717, 1.165) is 5.56 Å². The minimum atomic E-state index is -1.09. The van der Waals surface area contributed by atoms with Crippen molar-refractivity contribution in [3.63, 3.8) is 0 Å². The molecule has 2 aromatic carbocycles. The minimum Gasteiger partial charge on any atom is -0.493 e. The van der Waals surface area contributed by atoms with Crippen molar-refractivity contribution in [1.29, 1.82) is 0 Å². The molecule has 28 heavy (non-hydrogen) atoms. The van der Waals surface area contributed by atoms with Crippen LogP contribution in [0.3, 0.4) is 0 Å². The zero-order chi connectivity index (χ0) is 20.7. The lowest BCUT2D eigenvalue weighted by molar-refractivity contribution is -0.140. The number of carbonyl (C=O) groups excluding carboxylic acids is 1. The quantitative estimate of drug-likeness (QED) is 0.687. The Kier molecular flexibility index (Phi) is 7.26. The number of carboxylic acid groups (broad SMARTS) is 1. The van der Waals surface area contributed by atoms with Gasteiger partial charge in [-0.3, -0.25) is 4.79 Å². The molecule has 0 aliphatic carbocycles. The SMILES string of the molecule is COc1cc(C(=O)N[C@@H](C(=O)O)C(C)C)cc(OC)c1OCc1ccccc1. The van der Waals surface area contributed by atoms with Gasteiger partial charge in [0, 0.05) is 5.56 Å². The Morgan fingerprint density at radius 3 is 2.07 bits per heavy atom. The first-order valence-corrected chi connectivity index (χ1v) is 8.83. The van der Waals surface area contributed by atoms with Gasteiger partial charge in [0.15, 0.2) is 11.5 Å². The highest BCUT2D eigenvalue weighted by Gasteiger charge is 2.25. The lowest BCUT2D eigenvalue weighted by Crippen LogP contribution is -2.44. The summed E-state index contributed by atoms with van der Waals surface area (Å²) in [5.41, 5.74) is 1.18. The second-order valence-electron chi connectivity index (χ2n) is 6.52. The fourth-order valence-electron chi connectivity index (χ4n) is 2.62. The van der Waals surface area contributed by atoms with Crippen LogP contribution in [-0.4, -0.2) is 37.2 Å². The van der Waals surface area contributed by atoms with E-state index in [4.69, 9.17) is 14.2 Å². The molecule has 2 rings (SSSR count). The summed E-state index contributed by atoms with van der Waals surface area (Å²) in [4.78, 5) is 23.9. The van der Waals surface area contributed by atoms with E-state index in [9.17, 15) is 14.7 Å². The molecule has 0 bridgehead atoms. The van der Waals surface area contributed by atoms with E-state index in [-0.39, 0.29) is 11.5 Å². The van der Waals surface area contributed by atoms with Crippen LogP contribution in [0.1, 0.15) is 29.8 Å². The molecule has 2 N–H and O–H groups in total. The molecule has 7 nitrogen and oxygen atoms in total. The fourth-order valence-corrected chi connectivity index (χ4v) is 2.62. The van der Waals surface area contributed by atoms with Gasteiger partial charge >= 0.3 is 5.97 Å². The van der Waals surface area contributed by atoms with Crippen LogP contribution in [0.4, 0.5) is 0 Å². The van der Waals surface area contributed by atoms with Gasteiger partial charge in [0.25, 0.3) is 5.91 Å². The standard InChI is InChI=1S/C21H25NO6/c1-13(2)18(21(24)25)22-20(23)15-10-16(26-3)19(17(11-15)27-4)28-12-14-8-6-5-7-9-14/h5-11,13,18H,12H2,1-4H3,(H,22,23)(H,24,25)/t18-/m1/s1. The third kappa shape index (κ3) is 5.16. The van der Waals surface area contributed by atoms with Crippen molar-refractivity contribution in [2.24, 2.45) is 5.92 Å². The summed E-state index contributed by atoms with van der Waals surface area (Å²) in [6.07, 6.45) is 0. The van der Waals surface area contributed by atoms with Crippen LogP contribution >= 0.6 is 0 Å². The monoisotopic (exact) mass is 387 g/mol. The number of aliphatic carboxylic acids is 1. The van der Waals surface area contributed by atoms with Gasteiger partial charge in [-0.1, -0.05) is 44.2 Å². The first kappa shape index (κ1) is 21.1. The van der Waals surface area contributed by atoms with Gasteiger partial charge in [-0.2, -0.15) is 0 Å². The number of amides is 1. The molecule has 2 aromatic rings. The average molecular weight is 387 g/mol. The van der Waals surface area contributed by atoms with Gasteiger partial charge in [0.1, 0.15) is 12.6 Å². The number of hydrogen-bond acceptors (Lipinski definition) is 5. The summed E-state index contributed by atoms with van der Waals surface area (Å²) in [6, 6.07) is 11.6. The molecular weight excluding hydrogens is 362 g/mol. The Labute approximate surface area is 164 Å². The van der Waals surface area contributed by atoms with Crippen molar-refractivity contribution in [3.05, 3.63) is 53.6 Å². The third-order valence-electron chi connectivity index (χ3n) is 4.17. The summed E-state index contributed by atoms with van der Waals surface area (Å²) in [6.45, 7) is 3.75. The van der Waals surface area contributed by atoms with E-state index in [1.54, 1.807) is 13.8 Å². The van der Waals surface area contributed by atoms with E-state index >= 15 is 0 Å². The molecule has 1 amide bonds. The molecule has 0 saturated carbocycles. The van der Waals surface area contributed by atoms with Crippen LogP contribution in [0.25, 0.3) is 0 Å². The van der Waals surface area contributed by atoms with Crippen molar-refractivity contribution >= 4 is 11.9 Å². The predicted molar refractivity (Wildman–Crippen MR) is 104 cm³/mol. The van der Waals surface area contributed by atoms with Crippen LogP contribution in [0.15, 0.2) is 42.5 Å². The second kappa shape index (κ2) is 9.64. The summed E-state index contributed by atoms with van der Waals surface area (Å²) >= 11 is 0. The van der Waals surface area contributed by atoms with Crippen molar-refractivity contribution in [3.8, 4) is 17.2 Å². The Balaban J connectivity index is 2.28. The predicted octanol–water partition coefficient (Wildman–Crippen LogP) is 3.12. The number of rotatable bonds is 9. The molecule has 0 aliphatic heterocycles. The number of carboxylic acids is 1. The molecule has 0 aliphatic rings. The molecule has 0 saturated heterocycles. The number of carbonyl (C=O) groups is 2. The number of nitrogens with one attached hydrogen (secondary N) is 1. The van der Waals surface area contributed by atoms with Crippen LogP contribution in [0.2, 0.25) is 0 Å². The maximum atomic E-state index is 12.6. The fraction of sp³-hybridized carbons (Fsp3) is 0.333. The first-order valence-electron chi connectivity index (χ1n) is 8.83. The smallest absolute Gasteiger partial charge is 0.326 e. The molecule has 0 heterocycles. The van der Waals surface area contributed by atoms with Crippen molar-refractivity contribution in [2.45, 2.75) is 26.5 Å².